The Morgan fingerprint density at radius 3 is 2.17 bits per heavy atom. The van der Waals surface area contributed by atoms with Crippen LogP contribution in [0.1, 0.15) is 20.8 Å². The minimum Gasteiger partial charge on any atom is -0.549 e. The van der Waals surface area contributed by atoms with Gasteiger partial charge in [-0.3, -0.25) is 0 Å². The highest BCUT2D eigenvalue weighted by Crippen LogP contribution is 2.10. The Kier molecular flexibility index (Phi) is 4.34. The summed E-state index contributed by atoms with van der Waals surface area (Å²) in [6, 6.07) is 0. The summed E-state index contributed by atoms with van der Waals surface area (Å²) in [7, 11) is 0. The van der Waals surface area contributed by atoms with Crippen LogP contribution in [0.3, 0.4) is 0 Å². The van der Waals surface area contributed by atoms with E-state index in [0.29, 0.717) is 11.5 Å². The molecule has 0 spiro atoms. The lowest BCUT2D eigenvalue weighted by molar-refractivity contribution is -0.308. The van der Waals surface area contributed by atoms with Crippen LogP contribution in [-0.4, -0.2) is 5.97 Å². The number of rotatable bonds is 4. The molecule has 2 heteroatoms. The molecule has 0 heterocycles. The molecule has 0 aliphatic heterocycles. The second kappa shape index (κ2) is 4.75. The van der Waals surface area contributed by atoms with E-state index < -0.39 is 11.9 Å². The van der Waals surface area contributed by atoms with E-state index in [-0.39, 0.29) is 0 Å². The van der Waals surface area contributed by atoms with Crippen molar-refractivity contribution in [3.05, 3.63) is 24.3 Å². The summed E-state index contributed by atoms with van der Waals surface area (Å²) in [5.74, 6) is -1.38. The van der Waals surface area contributed by atoms with Gasteiger partial charge < -0.3 is 9.90 Å². The Morgan fingerprint density at radius 1 is 1.42 bits per heavy atom. The second-order valence-electron chi connectivity index (χ2n) is 3.27. The van der Waals surface area contributed by atoms with Gasteiger partial charge in [0.1, 0.15) is 0 Å². The van der Waals surface area contributed by atoms with E-state index in [9.17, 15) is 9.90 Å². The van der Waals surface area contributed by atoms with Crippen LogP contribution in [0.5, 0.6) is 0 Å². The average Bonchev–Trinajstić information content (AvgIpc) is 1.84. The molecule has 0 bridgehead atoms. The van der Waals surface area contributed by atoms with Gasteiger partial charge in [-0.2, -0.15) is 0 Å². The third-order valence-electron chi connectivity index (χ3n) is 1.47. The molecule has 0 rings (SSSR count). The number of hydrogen-bond acceptors (Lipinski definition) is 2. The van der Waals surface area contributed by atoms with Crippen molar-refractivity contribution in [2.75, 3.05) is 0 Å². The maximum atomic E-state index is 10.5. The Hall–Kier alpha value is -1.05. The summed E-state index contributed by atoms with van der Waals surface area (Å²) in [6.07, 6.45) is 3.47. The van der Waals surface area contributed by atoms with Gasteiger partial charge in [0.25, 0.3) is 0 Å². The van der Waals surface area contributed by atoms with Crippen LogP contribution in [0.15, 0.2) is 24.3 Å². The molecule has 68 valence electrons. The fourth-order valence-electron chi connectivity index (χ4n) is 0.777. The third kappa shape index (κ3) is 3.96. The monoisotopic (exact) mass is 167 g/mol. The molecule has 0 amide bonds. The number of carbonyl (C=O) groups excluding carboxylic acids is 1. The van der Waals surface area contributed by atoms with Crippen molar-refractivity contribution in [3.63, 3.8) is 0 Å². The van der Waals surface area contributed by atoms with Crippen molar-refractivity contribution in [1.29, 1.82) is 0 Å². The topological polar surface area (TPSA) is 40.1 Å². The lowest BCUT2D eigenvalue weighted by atomic mass is 10.0. The van der Waals surface area contributed by atoms with Crippen LogP contribution >= 0.6 is 0 Å². The number of aliphatic carboxylic acids is 1. The quantitative estimate of drug-likeness (QED) is 0.589. The maximum Gasteiger partial charge on any atom is 0.0523 e. The molecule has 0 radical (unpaired) electrons. The second-order valence-corrected chi connectivity index (χ2v) is 3.27. The number of allylic oxidation sites excluding steroid dienone is 1. The summed E-state index contributed by atoms with van der Waals surface area (Å²) < 4.78 is 0. The number of carboxylic acids is 1. The molecular formula is C10H15O2-. The molecule has 0 saturated heterocycles. The fourth-order valence-corrected chi connectivity index (χ4v) is 0.777. The molecule has 0 aliphatic rings. The zero-order valence-electron chi connectivity index (χ0n) is 7.83. The summed E-state index contributed by atoms with van der Waals surface area (Å²) in [5.41, 5.74) is 0.604. The Morgan fingerprint density at radius 2 is 1.92 bits per heavy atom. The molecule has 1 atom stereocenters. The van der Waals surface area contributed by atoms with Gasteiger partial charge in [-0.25, -0.2) is 0 Å². The molecule has 0 fully saturated rings. The summed E-state index contributed by atoms with van der Waals surface area (Å²) in [4.78, 5) is 10.5. The van der Waals surface area contributed by atoms with Gasteiger partial charge >= 0.3 is 0 Å². The van der Waals surface area contributed by atoms with Gasteiger partial charge in [0.2, 0.25) is 0 Å². The van der Waals surface area contributed by atoms with Gasteiger partial charge in [-0.1, -0.05) is 38.2 Å². The van der Waals surface area contributed by atoms with Crippen LogP contribution in [0.25, 0.3) is 0 Å². The highest BCUT2D eigenvalue weighted by atomic mass is 16.4. The molecule has 1 unspecified atom stereocenters. The molecule has 0 N–H and O–H groups in total. The van der Waals surface area contributed by atoms with Crippen molar-refractivity contribution in [3.8, 4) is 0 Å². The molecule has 0 aromatic rings. The zero-order chi connectivity index (χ0) is 9.72. The standard InChI is InChI=1S/C10H16O2/c1-7(2)5-6-9(8(3)4)10(11)12/h5-7,9H,3H2,1-2,4H3,(H,11,12)/p-1/b6-5+. The van der Waals surface area contributed by atoms with Crippen molar-refractivity contribution in [1.82, 2.24) is 0 Å². The third-order valence-corrected chi connectivity index (χ3v) is 1.47. The van der Waals surface area contributed by atoms with E-state index in [0.717, 1.165) is 0 Å². The predicted octanol–water partition coefficient (Wildman–Crippen LogP) is 1.14. The largest absolute Gasteiger partial charge is 0.549 e. The molecule has 12 heavy (non-hydrogen) atoms. The summed E-state index contributed by atoms with van der Waals surface area (Å²) >= 11 is 0. The minimum atomic E-state index is -1.08. The first-order valence-electron chi connectivity index (χ1n) is 3.99. The first-order chi connectivity index (χ1) is 5.45. The van der Waals surface area contributed by atoms with Crippen molar-refractivity contribution in [2.24, 2.45) is 11.8 Å². The maximum absolute atomic E-state index is 10.5. The smallest absolute Gasteiger partial charge is 0.0523 e. The lowest BCUT2D eigenvalue weighted by Gasteiger charge is -2.13. The van der Waals surface area contributed by atoms with Crippen LogP contribution in [0, 0.1) is 11.8 Å². The Bertz CT molecular complexity index is 188. The van der Waals surface area contributed by atoms with E-state index in [2.05, 4.69) is 6.58 Å². The van der Waals surface area contributed by atoms with Crippen LogP contribution in [-0.2, 0) is 4.79 Å². The van der Waals surface area contributed by atoms with Gasteiger partial charge in [-0.05, 0) is 12.8 Å². The minimum absolute atomic E-state index is 0.353. The summed E-state index contributed by atoms with van der Waals surface area (Å²) in [5, 5.41) is 10.5. The van der Waals surface area contributed by atoms with Crippen molar-refractivity contribution >= 4 is 5.97 Å². The number of carbonyl (C=O) groups is 1. The van der Waals surface area contributed by atoms with Crippen molar-refractivity contribution < 1.29 is 9.90 Å². The SMILES string of the molecule is C=C(C)C(/C=C/C(C)C)C(=O)[O-]. The fraction of sp³-hybridized carbons (Fsp3) is 0.500. The molecule has 0 aliphatic carbocycles. The van der Waals surface area contributed by atoms with E-state index in [4.69, 9.17) is 0 Å². The van der Waals surface area contributed by atoms with Gasteiger partial charge in [0.15, 0.2) is 0 Å². The summed E-state index contributed by atoms with van der Waals surface area (Å²) in [6.45, 7) is 9.24. The molecule has 0 saturated carbocycles. The lowest BCUT2D eigenvalue weighted by Crippen LogP contribution is -2.30. The molecule has 0 aromatic carbocycles. The van der Waals surface area contributed by atoms with Crippen LogP contribution < -0.4 is 5.11 Å². The van der Waals surface area contributed by atoms with E-state index in [1.165, 1.54) is 0 Å². The van der Waals surface area contributed by atoms with E-state index in [1.54, 1.807) is 13.0 Å². The number of hydrogen-bond donors (Lipinski definition) is 0. The van der Waals surface area contributed by atoms with Crippen LogP contribution in [0.2, 0.25) is 0 Å². The highest BCUT2D eigenvalue weighted by molar-refractivity contribution is 5.73. The zero-order valence-corrected chi connectivity index (χ0v) is 7.83. The average molecular weight is 167 g/mol. The Balaban J connectivity index is 4.34. The highest BCUT2D eigenvalue weighted by Gasteiger charge is 2.05. The van der Waals surface area contributed by atoms with Gasteiger partial charge in [-0.15, -0.1) is 0 Å². The van der Waals surface area contributed by atoms with Gasteiger partial charge in [0.05, 0.1) is 5.97 Å². The first kappa shape index (κ1) is 11.0. The molecule has 2 nitrogen and oxygen atoms in total. The Labute approximate surface area is 73.6 Å². The number of carboxylic acid groups (broad SMARTS) is 1. The molecule has 0 aromatic heterocycles. The van der Waals surface area contributed by atoms with E-state index >= 15 is 0 Å². The van der Waals surface area contributed by atoms with Crippen LogP contribution in [0.4, 0.5) is 0 Å². The van der Waals surface area contributed by atoms with Crippen molar-refractivity contribution in [2.45, 2.75) is 20.8 Å². The first-order valence-corrected chi connectivity index (χ1v) is 3.99. The molecular weight excluding hydrogens is 152 g/mol. The predicted molar refractivity (Wildman–Crippen MR) is 47.3 cm³/mol. The van der Waals surface area contributed by atoms with Gasteiger partial charge in [0, 0.05) is 5.92 Å². The normalized spacial score (nSPS) is 13.7. The van der Waals surface area contributed by atoms with E-state index in [1.807, 2.05) is 19.9 Å².